The summed E-state index contributed by atoms with van der Waals surface area (Å²) in [5.74, 6) is -2.01. The molecule has 0 aromatic rings. The summed E-state index contributed by atoms with van der Waals surface area (Å²) in [7, 11) is 0. The first-order valence-corrected chi connectivity index (χ1v) is 7.51. The molecule has 0 radical (unpaired) electrons. The molecular formula is C16H30O6. The fourth-order valence-electron chi connectivity index (χ4n) is 1.26. The highest BCUT2D eigenvalue weighted by atomic mass is 16.6. The molecule has 130 valence electrons. The highest BCUT2D eigenvalue weighted by molar-refractivity contribution is 6.29. The van der Waals surface area contributed by atoms with Gasteiger partial charge in [-0.15, -0.1) is 0 Å². The van der Waals surface area contributed by atoms with Crippen LogP contribution in [-0.2, 0) is 28.5 Å². The van der Waals surface area contributed by atoms with Crippen molar-refractivity contribution in [3.8, 4) is 0 Å². The summed E-state index contributed by atoms with van der Waals surface area (Å²) in [5, 5.41) is 0. The standard InChI is InChI=1S/C16H30O6/c1-15(2,3)11-19-7-9-21-13(17)14(18)22-10-8-20-12-16(4,5)6/h7-12H2,1-6H3. The smallest absolute Gasteiger partial charge is 0.417 e. The molecule has 0 saturated heterocycles. The number of carbonyl (C=O) groups is 2. The second kappa shape index (κ2) is 9.79. The Morgan fingerprint density at radius 3 is 1.23 bits per heavy atom. The van der Waals surface area contributed by atoms with Crippen molar-refractivity contribution in [2.45, 2.75) is 41.5 Å². The minimum atomic E-state index is -1.00. The lowest BCUT2D eigenvalue weighted by Crippen LogP contribution is -2.25. The van der Waals surface area contributed by atoms with Crippen LogP contribution in [0, 0.1) is 10.8 Å². The van der Waals surface area contributed by atoms with Crippen LogP contribution in [0.5, 0.6) is 0 Å². The van der Waals surface area contributed by atoms with Crippen LogP contribution in [0.3, 0.4) is 0 Å². The van der Waals surface area contributed by atoms with E-state index in [1.165, 1.54) is 0 Å². The minimum absolute atomic E-state index is 0.0323. The number of hydrogen-bond donors (Lipinski definition) is 0. The van der Waals surface area contributed by atoms with Crippen LogP contribution in [0.2, 0.25) is 0 Å². The number of carbonyl (C=O) groups excluding carboxylic acids is 2. The maximum Gasteiger partial charge on any atom is 0.417 e. The van der Waals surface area contributed by atoms with Crippen molar-refractivity contribution in [1.29, 1.82) is 0 Å². The van der Waals surface area contributed by atoms with E-state index in [2.05, 4.69) is 0 Å². The molecule has 0 aromatic carbocycles. The first kappa shape index (κ1) is 20.9. The molecule has 0 saturated carbocycles. The third-order valence-corrected chi connectivity index (χ3v) is 2.16. The van der Waals surface area contributed by atoms with Crippen LogP contribution in [0.15, 0.2) is 0 Å². The van der Waals surface area contributed by atoms with Gasteiger partial charge in [-0.2, -0.15) is 0 Å². The van der Waals surface area contributed by atoms with E-state index >= 15 is 0 Å². The number of esters is 2. The van der Waals surface area contributed by atoms with E-state index < -0.39 is 11.9 Å². The lowest BCUT2D eigenvalue weighted by atomic mass is 9.99. The molecule has 0 N–H and O–H groups in total. The van der Waals surface area contributed by atoms with Crippen LogP contribution in [-0.4, -0.2) is 51.6 Å². The molecule has 6 nitrogen and oxygen atoms in total. The molecule has 0 spiro atoms. The van der Waals surface area contributed by atoms with E-state index in [0.717, 1.165) is 0 Å². The fourth-order valence-corrected chi connectivity index (χ4v) is 1.26. The van der Waals surface area contributed by atoms with Gasteiger partial charge in [0.25, 0.3) is 0 Å². The average Bonchev–Trinajstić information content (AvgIpc) is 2.34. The van der Waals surface area contributed by atoms with E-state index in [1.807, 2.05) is 41.5 Å². The molecule has 0 amide bonds. The zero-order chi connectivity index (χ0) is 17.2. The molecule has 6 heteroatoms. The molecule has 0 aliphatic carbocycles. The molecule has 22 heavy (non-hydrogen) atoms. The van der Waals surface area contributed by atoms with Gasteiger partial charge >= 0.3 is 11.9 Å². The molecule has 0 aliphatic rings. The lowest BCUT2D eigenvalue weighted by molar-refractivity contribution is -0.169. The molecule has 0 atom stereocenters. The third-order valence-electron chi connectivity index (χ3n) is 2.16. The van der Waals surface area contributed by atoms with E-state index in [1.54, 1.807) is 0 Å². The Balaban J connectivity index is 3.61. The summed E-state index contributed by atoms with van der Waals surface area (Å²) in [6.45, 7) is 13.9. The van der Waals surface area contributed by atoms with Crippen LogP contribution in [0.4, 0.5) is 0 Å². The Kier molecular flexibility index (Phi) is 9.28. The van der Waals surface area contributed by atoms with E-state index in [9.17, 15) is 9.59 Å². The largest absolute Gasteiger partial charge is 0.455 e. The summed E-state index contributed by atoms with van der Waals surface area (Å²) >= 11 is 0. The molecule has 0 aliphatic heterocycles. The average molecular weight is 318 g/mol. The lowest BCUT2D eigenvalue weighted by Gasteiger charge is -2.18. The van der Waals surface area contributed by atoms with Crippen LogP contribution in [0.25, 0.3) is 0 Å². The molecule has 0 rings (SSSR count). The zero-order valence-corrected chi connectivity index (χ0v) is 14.7. The Labute approximate surface area is 133 Å². The van der Waals surface area contributed by atoms with Gasteiger partial charge in [0.05, 0.1) is 26.4 Å². The van der Waals surface area contributed by atoms with Gasteiger partial charge in [0.1, 0.15) is 13.2 Å². The predicted octanol–water partition coefficient (Wildman–Crippen LogP) is 2.20. The van der Waals surface area contributed by atoms with Crippen LogP contribution in [0.1, 0.15) is 41.5 Å². The Hall–Kier alpha value is -1.14. The maximum atomic E-state index is 11.3. The Morgan fingerprint density at radius 1 is 0.636 bits per heavy atom. The molecule has 0 fully saturated rings. The predicted molar refractivity (Wildman–Crippen MR) is 82.5 cm³/mol. The summed E-state index contributed by atoms with van der Waals surface area (Å²) in [4.78, 5) is 22.7. The van der Waals surface area contributed by atoms with E-state index in [-0.39, 0.29) is 37.3 Å². The highest BCUT2D eigenvalue weighted by Crippen LogP contribution is 2.13. The summed E-state index contributed by atoms with van der Waals surface area (Å²) < 4.78 is 20.1. The van der Waals surface area contributed by atoms with Gasteiger partial charge < -0.3 is 18.9 Å². The first-order chi connectivity index (χ1) is 10.0. The summed E-state index contributed by atoms with van der Waals surface area (Å²) in [5.41, 5.74) is 0.103. The maximum absolute atomic E-state index is 11.3. The van der Waals surface area contributed by atoms with Crippen molar-refractivity contribution in [2.75, 3.05) is 39.6 Å². The minimum Gasteiger partial charge on any atom is -0.455 e. The van der Waals surface area contributed by atoms with Crippen molar-refractivity contribution >= 4 is 11.9 Å². The fraction of sp³-hybridized carbons (Fsp3) is 0.875. The van der Waals surface area contributed by atoms with Gasteiger partial charge in [-0.05, 0) is 10.8 Å². The van der Waals surface area contributed by atoms with Crippen LogP contribution >= 0.6 is 0 Å². The highest BCUT2D eigenvalue weighted by Gasteiger charge is 2.17. The third kappa shape index (κ3) is 13.8. The van der Waals surface area contributed by atoms with Crippen molar-refractivity contribution in [2.24, 2.45) is 10.8 Å². The van der Waals surface area contributed by atoms with Gasteiger partial charge in [0.2, 0.25) is 0 Å². The first-order valence-electron chi connectivity index (χ1n) is 7.51. The second-order valence-electron chi connectivity index (χ2n) is 7.50. The second-order valence-corrected chi connectivity index (χ2v) is 7.50. The number of rotatable bonds is 8. The molecular weight excluding hydrogens is 288 g/mol. The molecule has 0 unspecified atom stereocenters. The normalized spacial score (nSPS) is 12.1. The molecule has 0 heterocycles. The zero-order valence-electron chi connectivity index (χ0n) is 14.7. The summed E-state index contributed by atoms with van der Waals surface area (Å²) in [6.07, 6.45) is 0. The van der Waals surface area contributed by atoms with Gasteiger partial charge in [0.15, 0.2) is 0 Å². The van der Waals surface area contributed by atoms with Crippen molar-refractivity contribution < 1.29 is 28.5 Å². The molecule has 0 aromatic heterocycles. The molecule has 0 bridgehead atoms. The van der Waals surface area contributed by atoms with Gasteiger partial charge in [-0.25, -0.2) is 9.59 Å². The van der Waals surface area contributed by atoms with Crippen molar-refractivity contribution in [1.82, 2.24) is 0 Å². The van der Waals surface area contributed by atoms with E-state index in [0.29, 0.717) is 13.2 Å². The number of ether oxygens (including phenoxy) is 4. The Bertz CT molecular complexity index is 304. The van der Waals surface area contributed by atoms with Gasteiger partial charge in [-0.1, -0.05) is 41.5 Å². The Morgan fingerprint density at radius 2 is 0.955 bits per heavy atom. The quantitative estimate of drug-likeness (QED) is 0.388. The van der Waals surface area contributed by atoms with Crippen LogP contribution < -0.4 is 0 Å². The van der Waals surface area contributed by atoms with Crippen molar-refractivity contribution in [3.05, 3.63) is 0 Å². The summed E-state index contributed by atoms with van der Waals surface area (Å²) in [6, 6.07) is 0. The SMILES string of the molecule is CC(C)(C)COCCOC(=O)C(=O)OCCOCC(C)(C)C. The van der Waals surface area contributed by atoms with Gasteiger partial charge in [0, 0.05) is 0 Å². The van der Waals surface area contributed by atoms with Gasteiger partial charge in [-0.3, -0.25) is 0 Å². The monoisotopic (exact) mass is 318 g/mol. The topological polar surface area (TPSA) is 71.1 Å². The van der Waals surface area contributed by atoms with Crippen molar-refractivity contribution in [3.63, 3.8) is 0 Å². The number of hydrogen-bond acceptors (Lipinski definition) is 6. The van der Waals surface area contributed by atoms with E-state index in [4.69, 9.17) is 18.9 Å².